The largest absolute Gasteiger partial charge is 0.478 e. The molecule has 1 atom stereocenters. The Bertz CT molecular complexity index is 586. The smallest absolute Gasteiger partial charge is 0.335 e. The van der Waals surface area contributed by atoms with E-state index >= 15 is 0 Å². The third-order valence-electron chi connectivity index (χ3n) is 4.59. The average molecular weight is 332 g/mol. The van der Waals surface area contributed by atoms with Crippen molar-refractivity contribution >= 4 is 17.6 Å². The van der Waals surface area contributed by atoms with E-state index in [1.165, 1.54) is 19.3 Å². The maximum Gasteiger partial charge on any atom is 0.335 e. The van der Waals surface area contributed by atoms with Crippen LogP contribution in [0.4, 0.5) is 5.69 Å². The topological polar surface area (TPSA) is 69.6 Å². The molecule has 0 saturated carbocycles. The summed E-state index contributed by atoms with van der Waals surface area (Å²) in [6.45, 7) is 5.39. The highest BCUT2D eigenvalue weighted by Crippen LogP contribution is 2.25. The molecule has 1 aromatic rings. The standard InChI is InChI=1S/C19H28N2O3/c1-3-5-6-7-8-11-21-13-15-12-14(19(23)24)9-10-17(15)20-16(4-2)18(21)22/h9-10,12,16,20H,3-8,11,13H2,1-2H3,(H,23,24). The van der Waals surface area contributed by atoms with E-state index in [1.54, 1.807) is 18.2 Å². The summed E-state index contributed by atoms with van der Waals surface area (Å²) in [5.41, 5.74) is 2.02. The first-order valence-electron chi connectivity index (χ1n) is 8.98. The number of rotatable bonds is 8. The molecule has 2 rings (SSSR count). The van der Waals surface area contributed by atoms with Crippen molar-refractivity contribution in [3.05, 3.63) is 29.3 Å². The maximum absolute atomic E-state index is 12.7. The van der Waals surface area contributed by atoms with Crippen molar-refractivity contribution in [3.8, 4) is 0 Å². The van der Waals surface area contributed by atoms with E-state index in [0.29, 0.717) is 13.0 Å². The second-order valence-electron chi connectivity index (χ2n) is 6.46. The van der Waals surface area contributed by atoms with Crippen LogP contribution in [0.5, 0.6) is 0 Å². The molecule has 0 aromatic heterocycles. The summed E-state index contributed by atoms with van der Waals surface area (Å²) in [7, 11) is 0. The van der Waals surface area contributed by atoms with Gasteiger partial charge in [-0.2, -0.15) is 0 Å². The monoisotopic (exact) mass is 332 g/mol. The molecule has 1 amide bonds. The molecule has 5 heteroatoms. The molecule has 1 aliphatic rings. The molecule has 0 bridgehead atoms. The molecule has 132 valence electrons. The summed E-state index contributed by atoms with van der Waals surface area (Å²) in [6, 6.07) is 4.81. The van der Waals surface area contributed by atoms with Gasteiger partial charge in [-0.3, -0.25) is 4.79 Å². The van der Waals surface area contributed by atoms with Gasteiger partial charge in [0.15, 0.2) is 0 Å². The summed E-state index contributed by atoms with van der Waals surface area (Å²) < 4.78 is 0. The number of nitrogens with one attached hydrogen (secondary N) is 1. The Morgan fingerprint density at radius 1 is 1.25 bits per heavy atom. The van der Waals surface area contributed by atoms with Crippen LogP contribution in [0.1, 0.15) is 68.3 Å². The van der Waals surface area contributed by atoms with Crippen molar-refractivity contribution in [2.75, 3.05) is 11.9 Å². The number of benzene rings is 1. The number of hydrogen-bond donors (Lipinski definition) is 2. The molecule has 2 N–H and O–H groups in total. The molecule has 5 nitrogen and oxygen atoms in total. The van der Waals surface area contributed by atoms with Gasteiger partial charge in [-0.15, -0.1) is 0 Å². The van der Waals surface area contributed by atoms with Crippen molar-refractivity contribution < 1.29 is 14.7 Å². The highest BCUT2D eigenvalue weighted by atomic mass is 16.4. The first kappa shape index (κ1) is 18.3. The fourth-order valence-electron chi connectivity index (χ4n) is 3.12. The molecule has 0 saturated heterocycles. The van der Waals surface area contributed by atoms with E-state index in [9.17, 15) is 14.7 Å². The van der Waals surface area contributed by atoms with Crippen LogP contribution in [0.2, 0.25) is 0 Å². The van der Waals surface area contributed by atoms with Gasteiger partial charge in [-0.05, 0) is 36.6 Å². The fraction of sp³-hybridized carbons (Fsp3) is 0.579. The summed E-state index contributed by atoms with van der Waals surface area (Å²) in [6.07, 6.45) is 6.48. The first-order chi connectivity index (χ1) is 11.6. The second kappa shape index (κ2) is 8.71. The molecular weight excluding hydrogens is 304 g/mol. The van der Waals surface area contributed by atoms with Crippen LogP contribution in [-0.4, -0.2) is 34.5 Å². The summed E-state index contributed by atoms with van der Waals surface area (Å²) in [4.78, 5) is 25.8. The van der Waals surface area contributed by atoms with Crippen LogP contribution < -0.4 is 5.32 Å². The molecule has 24 heavy (non-hydrogen) atoms. The van der Waals surface area contributed by atoms with Crippen LogP contribution in [0.25, 0.3) is 0 Å². The molecule has 0 aliphatic carbocycles. The van der Waals surface area contributed by atoms with Crippen molar-refractivity contribution in [2.45, 2.75) is 65.0 Å². The fourth-order valence-corrected chi connectivity index (χ4v) is 3.12. The number of anilines is 1. The second-order valence-corrected chi connectivity index (χ2v) is 6.46. The van der Waals surface area contributed by atoms with E-state index in [2.05, 4.69) is 12.2 Å². The number of carbonyl (C=O) groups excluding carboxylic acids is 1. The number of amides is 1. The van der Waals surface area contributed by atoms with Crippen molar-refractivity contribution in [2.24, 2.45) is 0 Å². The Hall–Kier alpha value is -2.04. The maximum atomic E-state index is 12.7. The van der Waals surface area contributed by atoms with Crippen LogP contribution >= 0.6 is 0 Å². The number of carboxylic acid groups (broad SMARTS) is 1. The van der Waals surface area contributed by atoms with Gasteiger partial charge in [0.1, 0.15) is 6.04 Å². The highest BCUT2D eigenvalue weighted by Gasteiger charge is 2.28. The Morgan fingerprint density at radius 2 is 2.00 bits per heavy atom. The predicted octanol–water partition coefficient (Wildman–Crippen LogP) is 3.89. The predicted molar refractivity (Wildman–Crippen MR) is 95.3 cm³/mol. The Morgan fingerprint density at radius 3 is 2.67 bits per heavy atom. The van der Waals surface area contributed by atoms with Crippen LogP contribution in [-0.2, 0) is 11.3 Å². The number of fused-ring (bicyclic) bond motifs is 1. The van der Waals surface area contributed by atoms with Gasteiger partial charge in [0.05, 0.1) is 5.56 Å². The van der Waals surface area contributed by atoms with E-state index in [0.717, 1.165) is 30.6 Å². The molecular formula is C19H28N2O3. The van der Waals surface area contributed by atoms with E-state index in [1.807, 2.05) is 11.8 Å². The minimum atomic E-state index is -0.938. The minimum Gasteiger partial charge on any atom is -0.478 e. The molecule has 1 heterocycles. The van der Waals surface area contributed by atoms with E-state index in [4.69, 9.17) is 0 Å². The van der Waals surface area contributed by atoms with E-state index in [-0.39, 0.29) is 17.5 Å². The van der Waals surface area contributed by atoms with Crippen LogP contribution in [0.15, 0.2) is 18.2 Å². The number of carbonyl (C=O) groups is 2. The first-order valence-corrected chi connectivity index (χ1v) is 8.98. The zero-order valence-electron chi connectivity index (χ0n) is 14.7. The minimum absolute atomic E-state index is 0.112. The number of carboxylic acids is 1. The van der Waals surface area contributed by atoms with Gasteiger partial charge >= 0.3 is 5.97 Å². The lowest BCUT2D eigenvalue weighted by atomic mass is 10.1. The number of aromatic carboxylic acids is 1. The normalized spacial score (nSPS) is 17.2. The van der Waals surface area contributed by atoms with Crippen LogP contribution in [0, 0.1) is 0 Å². The number of unbranched alkanes of at least 4 members (excludes halogenated alkanes) is 4. The average Bonchev–Trinajstić information content (AvgIpc) is 2.71. The van der Waals surface area contributed by atoms with Gasteiger partial charge in [-0.1, -0.05) is 39.5 Å². The van der Waals surface area contributed by atoms with Crippen molar-refractivity contribution in [3.63, 3.8) is 0 Å². The Balaban J connectivity index is 2.13. The molecule has 1 aliphatic heterocycles. The Labute approximate surface area is 144 Å². The zero-order valence-corrected chi connectivity index (χ0v) is 14.7. The number of nitrogens with zero attached hydrogens (tertiary/aromatic N) is 1. The molecule has 0 spiro atoms. The lowest BCUT2D eigenvalue weighted by Gasteiger charge is -2.24. The molecule has 0 radical (unpaired) electrons. The van der Waals surface area contributed by atoms with Gasteiger partial charge in [0.2, 0.25) is 5.91 Å². The third kappa shape index (κ3) is 4.49. The molecule has 0 fully saturated rings. The van der Waals surface area contributed by atoms with Crippen LogP contribution in [0.3, 0.4) is 0 Å². The van der Waals surface area contributed by atoms with Gasteiger partial charge in [0.25, 0.3) is 0 Å². The number of hydrogen-bond acceptors (Lipinski definition) is 3. The molecule has 1 aromatic carbocycles. The molecule has 1 unspecified atom stereocenters. The lowest BCUT2D eigenvalue weighted by Crippen LogP contribution is -2.40. The summed E-state index contributed by atoms with van der Waals surface area (Å²) in [5, 5.41) is 12.5. The SMILES string of the molecule is CCCCCCCN1Cc2cc(C(=O)O)ccc2NC(CC)C1=O. The third-order valence-corrected chi connectivity index (χ3v) is 4.59. The lowest BCUT2D eigenvalue weighted by molar-refractivity contribution is -0.132. The van der Waals surface area contributed by atoms with Gasteiger partial charge in [-0.25, -0.2) is 4.79 Å². The zero-order chi connectivity index (χ0) is 17.5. The summed E-state index contributed by atoms with van der Waals surface area (Å²) >= 11 is 0. The highest BCUT2D eigenvalue weighted by molar-refractivity contribution is 5.90. The quantitative estimate of drug-likeness (QED) is 0.709. The summed E-state index contributed by atoms with van der Waals surface area (Å²) in [5.74, 6) is -0.826. The van der Waals surface area contributed by atoms with Gasteiger partial charge in [0, 0.05) is 18.8 Å². The van der Waals surface area contributed by atoms with Crippen molar-refractivity contribution in [1.82, 2.24) is 4.90 Å². The Kier molecular flexibility index (Phi) is 6.64. The van der Waals surface area contributed by atoms with E-state index < -0.39 is 5.97 Å². The van der Waals surface area contributed by atoms with Gasteiger partial charge < -0.3 is 15.3 Å². The van der Waals surface area contributed by atoms with Crippen molar-refractivity contribution in [1.29, 1.82) is 0 Å².